The van der Waals surface area contributed by atoms with Gasteiger partial charge in [-0.05, 0) is 143 Å². The van der Waals surface area contributed by atoms with E-state index >= 15 is 0 Å². The fourth-order valence-corrected chi connectivity index (χ4v) is 9.15. The molecular formula is C62H49N3. The number of hydrogen-bond donors (Lipinski definition) is 1. The van der Waals surface area contributed by atoms with Crippen LogP contribution in [-0.2, 0) is 0 Å². The molecule has 10 rings (SSSR count). The average molecular weight is 836 g/mol. The number of nitrogens with zero attached hydrogens (tertiary/aromatic N) is 2. The number of benzene rings is 8. The number of para-hydroxylation sites is 4. The lowest BCUT2D eigenvalue weighted by Crippen LogP contribution is -2.12. The standard InChI is InChI=1S/C62H49N3/c1-5-53-58-42-49(36-38-61(58)65(52-25-13-8-14-26-52)62(53)40-44(3)55-28-17-18-30-59(55)63-50-21-9-6-10-22-50)48-35-37-60-57(41-48)45(4)56(29-19-39-64(60)51-23-11-7-12-24-51)47-33-31-46(32-34-47)54-27-16-15-20-43(54)2/h5-42,63H,1,4H2,2-3H3/b39-19-,44-40+,56-29+. The number of fused-ring (bicyclic) bond motifs is 2. The Bertz CT molecular complexity index is 3310. The van der Waals surface area contributed by atoms with E-state index < -0.39 is 0 Å². The Hall–Kier alpha value is -8.40. The van der Waals surface area contributed by atoms with Crippen LogP contribution < -0.4 is 10.2 Å². The van der Waals surface area contributed by atoms with E-state index in [4.69, 9.17) is 6.58 Å². The summed E-state index contributed by atoms with van der Waals surface area (Å²) in [6.45, 7) is 13.6. The summed E-state index contributed by atoms with van der Waals surface area (Å²) in [5.41, 5.74) is 21.0. The summed E-state index contributed by atoms with van der Waals surface area (Å²) < 4.78 is 2.36. The van der Waals surface area contributed by atoms with Gasteiger partial charge in [0.2, 0.25) is 0 Å². The number of anilines is 4. The van der Waals surface area contributed by atoms with Crippen molar-refractivity contribution < 1.29 is 0 Å². The number of aryl methyl sites for hydroxylation is 1. The molecule has 1 aliphatic rings. The quantitative estimate of drug-likeness (QED) is 0.148. The predicted octanol–water partition coefficient (Wildman–Crippen LogP) is 17.0. The largest absolute Gasteiger partial charge is 0.355 e. The first kappa shape index (κ1) is 40.7. The molecule has 9 aromatic rings. The third kappa shape index (κ3) is 7.97. The van der Waals surface area contributed by atoms with Crippen LogP contribution >= 0.6 is 0 Å². The molecule has 0 saturated carbocycles. The van der Waals surface area contributed by atoms with Crippen molar-refractivity contribution in [3.05, 3.63) is 265 Å². The van der Waals surface area contributed by atoms with Gasteiger partial charge in [-0.25, -0.2) is 0 Å². The molecule has 1 aromatic heterocycles. The highest BCUT2D eigenvalue weighted by Crippen LogP contribution is 2.43. The van der Waals surface area contributed by atoms with Crippen molar-refractivity contribution in [3.8, 4) is 27.9 Å². The third-order valence-corrected chi connectivity index (χ3v) is 12.4. The summed E-state index contributed by atoms with van der Waals surface area (Å²) in [5, 5.41) is 4.78. The minimum absolute atomic E-state index is 0.962. The summed E-state index contributed by atoms with van der Waals surface area (Å²) >= 11 is 0. The molecular weight excluding hydrogens is 787 g/mol. The van der Waals surface area contributed by atoms with Gasteiger partial charge in [-0.3, -0.25) is 0 Å². The van der Waals surface area contributed by atoms with E-state index in [-0.39, 0.29) is 0 Å². The smallest absolute Gasteiger partial charge is 0.0543 e. The van der Waals surface area contributed by atoms with Gasteiger partial charge in [0.25, 0.3) is 0 Å². The predicted molar refractivity (Wildman–Crippen MR) is 280 cm³/mol. The zero-order valence-electron chi connectivity index (χ0n) is 36.7. The first-order valence-electron chi connectivity index (χ1n) is 22.1. The number of aromatic nitrogens is 1. The van der Waals surface area contributed by atoms with E-state index in [1.54, 1.807) is 0 Å². The summed E-state index contributed by atoms with van der Waals surface area (Å²) in [6.07, 6.45) is 10.8. The molecule has 0 saturated heterocycles. The molecule has 312 valence electrons. The Morgan fingerprint density at radius 1 is 0.585 bits per heavy atom. The van der Waals surface area contributed by atoms with Gasteiger partial charge >= 0.3 is 0 Å². The fraction of sp³-hybridized carbons (Fsp3) is 0.0323. The van der Waals surface area contributed by atoms with Gasteiger partial charge in [-0.15, -0.1) is 0 Å². The highest BCUT2D eigenvalue weighted by atomic mass is 15.1. The normalized spacial score (nSPS) is 13.9. The van der Waals surface area contributed by atoms with Crippen LogP contribution in [0.25, 0.3) is 67.7 Å². The molecule has 0 radical (unpaired) electrons. The molecule has 0 spiro atoms. The number of rotatable bonds is 10. The summed E-state index contributed by atoms with van der Waals surface area (Å²) in [4.78, 5) is 2.26. The van der Waals surface area contributed by atoms with Gasteiger partial charge in [-0.1, -0.05) is 159 Å². The van der Waals surface area contributed by atoms with E-state index in [1.807, 2.05) is 12.1 Å². The van der Waals surface area contributed by atoms with Crippen molar-refractivity contribution in [2.45, 2.75) is 13.8 Å². The molecule has 8 aromatic carbocycles. The number of allylic oxidation sites excluding steroid dienone is 5. The minimum atomic E-state index is 0.962. The number of hydrogen-bond acceptors (Lipinski definition) is 2. The van der Waals surface area contributed by atoms with Gasteiger partial charge in [0.1, 0.15) is 0 Å². The first-order chi connectivity index (χ1) is 31.9. The van der Waals surface area contributed by atoms with Crippen molar-refractivity contribution in [1.29, 1.82) is 0 Å². The van der Waals surface area contributed by atoms with Gasteiger partial charge in [-0.2, -0.15) is 0 Å². The SMILES string of the molecule is C=Cc1c(/C=C(\C)c2ccccc2Nc2ccccc2)n(-c2ccccc2)c2ccc(-c3ccc4c(c3)C(=C)/C(c3ccc(-c5ccccc5C)cc3)=C\C=C/N4c3ccccc3)cc12. The highest BCUT2D eigenvalue weighted by molar-refractivity contribution is 6.09. The van der Waals surface area contributed by atoms with Crippen molar-refractivity contribution in [1.82, 2.24) is 4.57 Å². The zero-order valence-corrected chi connectivity index (χ0v) is 36.7. The average Bonchev–Trinajstić information content (AvgIpc) is 3.66. The fourth-order valence-electron chi connectivity index (χ4n) is 9.15. The molecule has 1 N–H and O–H groups in total. The van der Waals surface area contributed by atoms with Gasteiger partial charge in [0.15, 0.2) is 0 Å². The lowest BCUT2D eigenvalue weighted by atomic mass is 9.88. The van der Waals surface area contributed by atoms with Crippen LogP contribution in [0.2, 0.25) is 0 Å². The Morgan fingerprint density at radius 3 is 1.94 bits per heavy atom. The molecule has 65 heavy (non-hydrogen) atoms. The van der Waals surface area contributed by atoms with Gasteiger partial charge in [0.05, 0.1) is 16.9 Å². The molecule has 2 heterocycles. The van der Waals surface area contributed by atoms with E-state index in [9.17, 15) is 0 Å². The number of nitrogens with one attached hydrogen (secondary N) is 1. The second-order valence-electron chi connectivity index (χ2n) is 16.5. The molecule has 1 aliphatic heterocycles. The van der Waals surface area contributed by atoms with Crippen molar-refractivity contribution in [2.75, 3.05) is 10.2 Å². The summed E-state index contributed by atoms with van der Waals surface area (Å²) in [7, 11) is 0. The Balaban J connectivity index is 1.09. The zero-order chi connectivity index (χ0) is 44.3. The lowest BCUT2D eigenvalue weighted by Gasteiger charge is -2.27. The first-order valence-corrected chi connectivity index (χ1v) is 22.1. The van der Waals surface area contributed by atoms with Crippen LogP contribution in [0.5, 0.6) is 0 Å². The monoisotopic (exact) mass is 835 g/mol. The second-order valence-corrected chi connectivity index (χ2v) is 16.5. The van der Waals surface area contributed by atoms with Crippen molar-refractivity contribution in [3.63, 3.8) is 0 Å². The molecule has 0 unspecified atom stereocenters. The van der Waals surface area contributed by atoms with E-state index in [2.05, 4.69) is 254 Å². The van der Waals surface area contributed by atoms with E-state index in [1.165, 1.54) is 16.7 Å². The van der Waals surface area contributed by atoms with Crippen LogP contribution in [0.4, 0.5) is 22.7 Å². The molecule has 0 aliphatic carbocycles. The minimum Gasteiger partial charge on any atom is -0.355 e. The van der Waals surface area contributed by atoms with E-state index in [0.29, 0.717) is 0 Å². The molecule has 0 atom stereocenters. The van der Waals surface area contributed by atoms with Gasteiger partial charge in [0, 0.05) is 51.0 Å². The molecule has 3 nitrogen and oxygen atoms in total. The molecule has 0 amide bonds. The van der Waals surface area contributed by atoms with Crippen molar-refractivity contribution >= 4 is 62.5 Å². The maximum absolute atomic E-state index is 4.82. The summed E-state index contributed by atoms with van der Waals surface area (Å²) in [5.74, 6) is 0. The lowest BCUT2D eigenvalue weighted by molar-refractivity contribution is 1.11. The third-order valence-electron chi connectivity index (χ3n) is 12.4. The Labute approximate surface area is 382 Å². The van der Waals surface area contributed by atoms with E-state index in [0.717, 1.165) is 95.1 Å². The van der Waals surface area contributed by atoms with Crippen molar-refractivity contribution in [2.24, 2.45) is 0 Å². The topological polar surface area (TPSA) is 20.2 Å². The summed E-state index contributed by atoms with van der Waals surface area (Å²) in [6, 6.07) is 71.0. The maximum atomic E-state index is 4.82. The van der Waals surface area contributed by atoms with Gasteiger partial charge < -0.3 is 14.8 Å². The molecule has 0 fully saturated rings. The van der Waals surface area contributed by atoms with Crippen LogP contribution in [0.15, 0.2) is 232 Å². The van der Waals surface area contributed by atoms with Crippen LogP contribution in [0.3, 0.4) is 0 Å². The Morgan fingerprint density at radius 2 is 1.20 bits per heavy atom. The molecule has 3 heteroatoms. The van der Waals surface area contributed by atoms with Crippen LogP contribution in [0, 0.1) is 6.92 Å². The Kier molecular flexibility index (Phi) is 11.1. The van der Waals surface area contributed by atoms with Crippen LogP contribution in [0.1, 0.15) is 40.4 Å². The highest BCUT2D eigenvalue weighted by Gasteiger charge is 2.22. The van der Waals surface area contributed by atoms with Crippen LogP contribution in [-0.4, -0.2) is 4.57 Å². The second kappa shape index (κ2) is 17.8. The maximum Gasteiger partial charge on any atom is 0.0543 e. The molecule has 0 bridgehead atoms.